The highest BCUT2D eigenvalue weighted by molar-refractivity contribution is 5.85. The summed E-state index contributed by atoms with van der Waals surface area (Å²) >= 11 is 0. The largest absolute Gasteiger partial charge is 0.444 e. The van der Waals surface area contributed by atoms with Gasteiger partial charge in [-0.3, -0.25) is 9.59 Å². The van der Waals surface area contributed by atoms with Crippen LogP contribution in [0.15, 0.2) is 36.4 Å². The molecular weight excluding hydrogens is 715 g/mol. The van der Waals surface area contributed by atoms with Crippen LogP contribution >= 0.6 is 0 Å². The monoisotopic (exact) mass is 759 g/mol. The number of anilines is 1. The second-order valence-electron chi connectivity index (χ2n) is 15.5. The van der Waals surface area contributed by atoms with Gasteiger partial charge in [0.15, 0.2) is 12.6 Å². The zero-order valence-electron chi connectivity index (χ0n) is 30.3. The first-order chi connectivity index (χ1) is 24.4. The maximum absolute atomic E-state index is 13.0. The molecule has 3 heterocycles. The molecule has 4 aliphatic rings. The van der Waals surface area contributed by atoms with Crippen LogP contribution in [0.5, 0.6) is 0 Å². The van der Waals surface area contributed by atoms with Crippen molar-refractivity contribution in [3.63, 3.8) is 0 Å². The smallest absolute Gasteiger partial charge is 0.416 e. The molecule has 1 aliphatic carbocycles. The summed E-state index contributed by atoms with van der Waals surface area (Å²) in [6, 6.07) is 5.08. The predicted octanol–water partition coefficient (Wildman–Crippen LogP) is 8.78. The third-order valence-corrected chi connectivity index (χ3v) is 9.15. The van der Waals surface area contributed by atoms with Gasteiger partial charge in [0.2, 0.25) is 0 Å². The van der Waals surface area contributed by atoms with E-state index in [1.165, 1.54) is 25.3 Å². The van der Waals surface area contributed by atoms with E-state index in [0.29, 0.717) is 44.0 Å². The van der Waals surface area contributed by atoms with E-state index in [9.17, 15) is 49.9 Å². The van der Waals surface area contributed by atoms with E-state index < -0.39 is 41.0 Å². The Bertz CT molecular complexity index is 1670. The van der Waals surface area contributed by atoms with E-state index in [1.807, 2.05) is 25.7 Å². The summed E-state index contributed by atoms with van der Waals surface area (Å²) in [7, 11) is 0. The molecule has 4 bridgehead atoms. The molecular formula is C37H44F7N3O6. The number of aldehydes is 2. The molecule has 4 unspecified atom stereocenters. The summed E-state index contributed by atoms with van der Waals surface area (Å²) in [5, 5.41) is 0. The lowest BCUT2D eigenvalue weighted by atomic mass is 10.1. The van der Waals surface area contributed by atoms with Gasteiger partial charge in [-0.05, 0) is 110 Å². The summed E-state index contributed by atoms with van der Waals surface area (Å²) in [5.74, 6) is -0.419. The van der Waals surface area contributed by atoms with Crippen molar-refractivity contribution in [1.82, 2.24) is 9.80 Å². The summed E-state index contributed by atoms with van der Waals surface area (Å²) in [5.41, 5.74) is -2.75. The minimum absolute atomic E-state index is 0.121. The summed E-state index contributed by atoms with van der Waals surface area (Å²) in [6.07, 6.45) is -4.56. The SMILES string of the molecule is CC(C)(C)OC(=O)N1CC2CC1CN2c1cc(C(F)(F)F)ccc1C=O.CC(C)(C)OC(=O)N1CC2CCC1C2.O=Cc1ccc(C(F)(F)F)cc1F. The Kier molecular flexibility index (Phi) is 12.1. The number of nitrogens with zero attached hydrogens (tertiary/aromatic N) is 3. The van der Waals surface area contributed by atoms with Gasteiger partial charge in [0.25, 0.3) is 0 Å². The maximum Gasteiger partial charge on any atom is 0.416 e. The molecule has 4 atom stereocenters. The molecule has 1 saturated carbocycles. The van der Waals surface area contributed by atoms with Gasteiger partial charge in [0.1, 0.15) is 17.0 Å². The minimum atomic E-state index is -4.58. The molecule has 53 heavy (non-hydrogen) atoms. The second kappa shape index (κ2) is 15.5. The Hall–Kier alpha value is -4.37. The molecule has 3 aliphatic heterocycles. The van der Waals surface area contributed by atoms with Gasteiger partial charge < -0.3 is 24.2 Å². The third kappa shape index (κ3) is 10.6. The number of rotatable bonds is 3. The second-order valence-corrected chi connectivity index (χ2v) is 15.5. The lowest BCUT2D eigenvalue weighted by Crippen LogP contribution is -2.50. The lowest BCUT2D eigenvalue weighted by molar-refractivity contribution is -0.138. The van der Waals surface area contributed by atoms with Gasteiger partial charge in [-0.1, -0.05) is 0 Å². The van der Waals surface area contributed by atoms with E-state index >= 15 is 0 Å². The molecule has 4 fully saturated rings. The van der Waals surface area contributed by atoms with Crippen LogP contribution in [-0.2, 0) is 21.8 Å². The van der Waals surface area contributed by atoms with Crippen LogP contribution in [0.1, 0.15) is 99.1 Å². The molecule has 2 amide bonds. The van der Waals surface area contributed by atoms with Gasteiger partial charge in [-0.25, -0.2) is 14.0 Å². The normalized spacial score (nSPS) is 22.1. The van der Waals surface area contributed by atoms with Gasteiger partial charge >= 0.3 is 24.5 Å². The Morgan fingerprint density at radius 2 is 1.17 bits per heavy atom. The van der Waals surface area contributed by atoms with Gasteiger partial charge in [0, 0.05) is 43.0 Å². The van der Waals surface area contributed by atoms with E-state index in [-0.39, 0.29) is 46.9 Å². The Balaban J connectivity index is 0.000000196. The molecule has 292 valence electrons. The number of hydrogen-bond donors (Lipinski definition) is 0. The Labute approximate surface area is 303 Å². The standard InChI is InChI=1S/C18H21F3N2O3.C11H19NO2.C8H4F4O/c1-17(2,3)26-16(25)23-9-13-7-14(23)8-22(13)15-6-12(18(19,20)21)5-4-11(15)10-24;1-11(2,3)14-10(13)12-7-8-4-5-9(12)6-8;9-7-3-6(8(10,11)12)2-1-5(7)4-13/h4-6,10,13-14H,7-9H2,1-3H3;8-9H,4-7H2,1-3H3;1-4H. The first kappa shape index (κ1) is 41.4. The molecule has 2 aromatic rings. The summed E-state index contributed by atoms with van der Waals surface area (Å²) in [6.45, 7) is 12.8. The number of alkyl halides is 6. The number of hydrogen-bond acceptors (Lipinski definition) is 7. The van der Waals surface area contributed by atoms with Crippen LogP contribution < -0.4 is 4.90 Å². The van der Waals surface area contributed by atoms with Crippen molar-refractivity contribution in [2.75, 3.05) is 24.5 Å². The lowest BCUT2D eigenvalue weighted by Gasteiger charge is -2.37. The molecule has 6 rings (SSSR count). The van der Waals surface area contributed by atoms with E-state index in [1.54, 1.807) is 30.6 Å². The van der Waals surface area contributed by atoms with Crippen LogP contribution in [0.25, 0.3) is 0 Å². The van der Waals surface area contributed by atoms with Crippen molar-refractivity contribution in [2.45, 2.75) is 109 Å². The molecule has 16 heteroatoms. The first-order valence-corrected chi connectivity index (χ1v) is 17.1. The first-order valence-electron chi connectivity index (χ1n) is 17.1. The van der Waals surface area contributed by atoms with Crippen molar-refractivity contribution >= 4 is 30.4 Å². The number of likely N-dealkylation sites (tertiary alicyclic amines) is 2. The molecule has 0 spiro atoms. The zero-order chi connectivity index (χ0) is 39.7. The topological polar surface area (TPSA) is 96.5 Å². The Morgan fingerprint density at radius 1 is 0.660 bits per heavy atom. The highest BCUT2D eigenvalue weighted by atomic mass is 19.4. The number of ether oxygens (including phenoxy) is 2. The molecule has 3 saturated heterocycles. The fraction of sp³-hybridized carbons (Fsp3) is 0.568. The highest BCUT2D eigenvalue weighted by Crippen LogP contribution is 2.40. The van der Waals surface area contributed by atoms with Crippen molar-refractivity contribution in [1.29, 1.82) is 0 Å². The van der Waals surface area contributed by atoms with Gasteiger partial charge in [0.05, 0.1) is 22.7 Å². The van der Waals surface area contributed by atoms with E-state index in [4.69, 9.17) is 9.47 Å². The number of amides is 2. The van der Waals surface area contributed by atoms with Gasteiger partial charge in [-0.2, -0.15) is 26.3 Å². The quantitative estimate of drug-likeness (QED) is 0.228. The van der Waals surface area contributed by atoms with Crippen LogP contribution in [0, 0.1) is 11.7 Å². The summed E-state index contributed by atoms with van der Waals surface area (Å²) < 4.78 is 98.3. The fourth-order valence-electron chi connectivity index (χ4n) is 6.84. The van der Waals surface area contributed by atoms with Crippen LogP contribution in [-0.4, -0.2) is 83.5 Å². The van der Waals surface area contributed by atoms with Crippen LogP contribution in [0.3, 0.4) is 0 Å². The van der Waals surface area contributed by atoms with Crippen molar-refractivity contribution < 1.29 is 59.4 Å². The number of halogens is 7. The van der Waals surface area contributed by atoms with Crippen LogP contribution in [0.2, 0.25) is 0 Å². The molecule has 2 aromatic carbocycles. The average Bonchev–Trinajstić information content (AvgIpc) is 3.85. The fourth-order valence-corrected chi connectivity index (χ4v) is 6.84. The molecule has 0 radical (unpaired) electrons. The van der Waals surface area contributed by atoms with Crippen LogP contribution in [0.4, 0.5) is 46.0 Å². The third-order valence-electron chi connectivity index (χ3n) is 9.15. The summed E-state index contributed by atoms with van der Waals surface area (Å²) in [4.78, 5) is 50.7. The van der Waals surface area contributed by atoms with E-state index in [2.05, 4.69) is 0 Å². The van der Waals surface area contributed by atoms with E-state index in [0.717, 1.165) is 30.7 Å². The number of piperazine rings is 1. The predicted molar refractivity (Wildman–Crippen MR) is 180 cm³/mol. The number of carbonyl (C=O) groups excluding carboxylic acids is 4. The number of fused-ring (bicyclic) bond motifs is 4. The Morgan fingerprint density at radius 3 is 1.57 bits per heavy atom. The maximum atomic E-state index is 13.0. The molecule has 0 N–H and O–H groups in total. The van der Waals surface area contributed by atoms with Crippen molar-refractivity contribution in [2.24, 2.45) is 5.92 Å². The average molecular weight is 760 g/mol. The van der Waals surface area contributed by atoms with Crippen molar-refractivity contribution in [3.8, 4) is 0 Å². The highest BCUT2D eigenvalue weighted by Gasteiger charge is 2.47. The minimum Gasteiger partial charge on any atom is -0.444 e. The number of benzene rings is 2. The van der Waals surface area contributed by atoms with Crippen molar-refractivity contribution in [3.05, 3.63) is 64.5 Å². The molecule has 0 aromatic heterocycles. The number of piperidine rings is 1. The molecule has 9 nitrogen and oxygen atoms in total. The van der Waals surface area contributed by atoms with Gasteiger partial charge in [-0.15, -0.1) is 0 Å². The zero-order valence-corrected chi connectivity index (χ0v) is 30.3. The number of carbonyl (C=O) groups is 4.